The molecule has 1 atom stereocenters. The van der Waals surface area contributed by atoms with Crippen LogP contribution in [0.1, 0.15) is 22.7 Å². The summed E-state index contributed by atoms with van der Waals surface area (Å²) in [6, 6.07) is 10.4. The number of piperazine rings is 1. The monoisotopic (exact) mass is 440 g/mol. The van der Waals surface area contributed by atoms with Crippen LogP contribution in [-0.4, -0.2) is 37.4 Å². The van der Waals surface area contributed by atoms with Crippen molar-refractivity contribution in [3.05, 3.63) is 65.0 Å². The summed E-state index contributed by atoms with van der Waals surface area (Å²) in [6.07, 6.45) is -4.72. The average Bonchev–Trinajstić information content (AvgIpc) is 2.58. The van der Waals surface area contributed by atoms with E-state index in [0.29, 0.717) is 0 Å². The van der Waals surface area contributed by atoms with Gasteiger partial charge in [0.1, 0.15) is 11.6 Å². The van der Waals surface area contributed by atoms with Crippen molar-refractivity contribution in [3.63, 3.8) is 0 Å². The van der Waals surface area contributed by atoms with Crippen LogP contribution in [0.15, 0.2) is 42.5 Å². The molecule has 1 aliphatic heterocycles. The number of benzene rings is 2. The summed E-state index contributed by atoms with van der Waals surface area (Å²) < 4.78 is 54.6. The Hall–Kier alpha value is -1.54. The lowest BCUT2D eigenvalue weighted by Gasteiger charge is -2.36. The maximum atomic E-state index is 13.5. The van der Waals surface area contributed by atoms with Gasteiger partial charge in [-0.15, -0.1) is 38.0 Å². The fourth-order valence-electron chi connectivity index (χ4n) is 3.33. The first kappa shape index (κ1) is 24.5. The van der Waals surface area contributed by atoms with Crippen LogP contribution < -0.4 is 10.1 Å². The molecular weight excluding hydrogens is 419 g/mol. The molecule has 156 valence electrons. The number of ether oxygens (including phenoxy) is 1. The molecule has 2 aromatic rings. The van der Waals surface area contributed by atoms with Crippen molar-refractivity contribution in [3.8, 4) is 5.75 Å². The third-order valence-corrected chi connectivity index (χ3v) is 4.47. The predicted octanol–water partition coefficient (Wildman–Crippen LogP) is 4.87. The molecule has 1 heterocycles. The van der Waals surface area contributed by atoms with Crippen LogP contribution in [-0.2, 0) is 0 Å². The number of nitrogens with zero attached hydrogens (tertiary/aromatic N) is 1. The average molecular weight is 441 g/mol. The van der Waals surface area contributed by atoms with E-state index in [1.165, 1.54) is 24.3 Å². The Morgan fingerprint density at radius 1 is 1.00 bits per heavy atom. The van der Waals surface area contributed by atoms with Gasteiger partial charge in [0.15, 0.2) is 0 Å². The van der Waals surface area contributed by atoms with E-state index in [-0.39, 0.29) is 42.4 Å². The molecule has 3 nitrogen and oxygen atoms in total. The van der Waals surface area contributed by atoms with Gasteiger partial charge in [-0.25, -0.2) is 4.39 Å². The molecule has 0 saturated carbocycles. The summed E-state index contributed by atoms with van der Waals surface area (Å²) in [7, 11) is 0. The molecule has 28 heavy (non-hydrogen) atoms. The number of nitrogens with one attached hydrogen (secondary N) is 1. The second-order valence-electron chi connectivity index (χ2n) is 6.31. The molecule has 0 unspecified atom stereocenters. The van der Waals surface area contributed by atoms with E-state index in [0.717, 1.165) is 42.9 Å². The summed E-state index contributed by atoms with van der Waals surface area (Å²) in [5.41, 5.74) is 2.60. The van der Waals surface area contributed by atoms with Gasteiger partial charge in [-0.05, 0) is 47.9 Å². The van der Waals surface area contributed by atoms with Crippen molar-refractivity contribution in [1.29, 1.82) is 0 Å². The summed E-state index contributed by atoms with van der Waals surface area (Å²) >= 11 is 0. The van der Waals surface area contributed by atoms with Gasteiger partial charge in [-0.3, -0.25) is 4.90 Å². The largest absolute Gasteiger partial charge is 0.573 e. The highest BCUT2D eigenvalue weighted by molar-refractivity contribution is 5.85. The Bertz CT molecular complexity index is 751. The van der Waals surface area contributed by atoms with Crippen LogP contribution in [0, 0.1) is 12.7 Å². The normalized spacial score (nSPS) is 15.9. The summed E-state index contributed by atoms with van der Waals surface area (Å²) in [5.74, 6) is -0.560. The molecule has 1 N–H and O–H groups in total. The minimum Gasteiger partial charge on any atom is -0.406 e. The van der Waals surface area contributed by atoms with E-state index in [1.807, 2.05) is 6.92 Å². The van der Waals surface area contributed by atoms with Gasteiger partial charge < -0.3 is 10.1 Å². The Kier molecular flexibility index (Phi) is 9.01. The van der Waals surface area contributed by atoms with Gasteiger partial charge in [0, 0.05) is 26.2 Å². The zero-order valence-corrected chi connectivity index (χ0v) is 16.8. The van der Waals surface area contributed by atoms with E-state index >= 15 is 0 Å². The molecule has 1 aliphatic rings. The Morgan fingerprint density at radius 2 is 1.61 bits per heavy atom. The molecule has 1 fully saturated rings. The van der Waals surface area contributed by atoms with Gasteiger partial charge in [0.05, 0.1) is 6.04 Å². The van der Waals surface area contributed by atoms with Gasteiger partial charge in [0.25, 0.3) is 0 Å². The van der Waals surface area contributed by atoms with E-state index in [4.69, 9.17) is 0 Å². The second kappa shape index (κ2) is 10.3. The molecule has 0 aromatic heterocycles. The first-order valence-corrected chi connectivity index (χ1v) is 8.40. The van der Waals surface area contributed by atoms with E-state index in [9.17, 15) is 17.6 Å². The maximum Gasteiger partial charge on any atom is 0.573 e. The van der Waals surface area contributed by atoms with Crippen molar-refractivity contribution >= 4 is 24.8 Å². The maximum absolute atomic E-state index is 13.5. The van der Waals surface area contributed by atoms with Gasteiger partial charge in [-0.1, -0.05) is 18.2 Å². The Morgan fingerprint density at radius 3 is 2.14 bits per heavy atom. The molecule has 1 saturated heterocycles. The minimum atomic E-state index is -4.72. The summed E-state index contributed by atoms with van der Waals surface area (Å²) in [6.45, 7) is 5.08. The number of hydrogen-bond acceptors (Lipinski definition) is 3. The van der Waals surface area contributed by atoms with Crippen molar-refractivity contribution in [2.75, 3.05) is 26.2 Å². The highest BCUT2D eigenvalue weighted by Crippen LogP contribution is 2.33. The Balaban J connectivity index is 0.00000196. The summed E-state index contributed by atoms with van der Waals surface area (Å²) in [4.78, 5) is 2.25. The summed E-state index contributed by atoms with van der Waals surface area (Å²) in [5, 5.41) is 3.28. The number of aryl methyl sites for hydroxylation is 1. The first-order chi connectivity index (χ1) is 12.3. The molecule has 0 radical (unpaired) electrons. The van der Waals surface area contributed by atoms with Crippen LogP contribution in [0.2, 0.25) is 0 Å². The number of hydrogen-bond donors (Lipinski definition) is 1. The van der Waals surface area contributed by atoms with Crippen LogP contribution in [0.5, 0.6) is 5.75 Å². The lowest BCUT2D eigenvalue weighted by atomic mass is 9.93. The molecule has 0 bridgehead atoms. The topological polar surface area (TPSA) is 24.5 Å². The fraction of sp³-hybridized carbons (Fsp3) is 0.368. The molecular formula is C19H22Cl2F4N2O. The van der Waals surface area contributed by atoms with Crippen molar-refractivity contribution in [2.45, 2.75) is 19.3 Å². The fourth-order valence-corrected chi connectivity index (χ4v) is 3.33. The minimum absolute atomic E-state index is 0. The van der Waals surface area contributed by atoms with Crippen molar-refractivity contribution in [1.82, 2.24) is 10.2 Å². The number of alkyl halides is 3. The molecule has 0 aliphatic carbocycles. The molecule has 0 amide bonds. The van der Waals surface area contributed by atoms with E-state index in [1.54, 1.807) is 18.2 Å². The molecule has 9 heteroatoms. The van der Waals surface area contributed by atoms with E-state index < -0.39 is 6.36 Å². The Labute approximate surface area is 173 Å². The number of rotatable bonds is 4. The van der Waals surface area contributed by atoms with Crippen molar-refractivity contribution < 1.29 is 22.3 Å². The zero-order valence-electron chi connectivity index (χ0n) is 15.1. The standard InChI is InChI=1S/C19H20F4N2O.2ClH/c1-13-12-15(20)4-7-17(13)18(25-10-8-24-9-11-25)14-2-5-16(6-3-14)26-19(21,22)23;;/h2-7,12,18,24H,8-11H2,1H3;2*1H/t18-;;/m0../s1. The second-order valence-corrected chi connectivity index (χ2v) is 6.31. The SMILES string of the molecule is Cc1cc(F)ccc1[C@H](c1ccc(OC(F)(F)F)cc1)N1CCNCC1.Cl.Cl. The van der Waals surface area contributed by atoms with Crippen LogP contribution >= 0.6 is 24.8 Å². The third-order valence-electron chi connectivity index (χ3n) is 4.47. The molecule has 3 rings (SSSR count). The zero-order chi connectivity index (χ0) is 18.7. The van der Waals surface area contributed by atoms with E-state index in [2.05, 4.69) is 15.0 Å². The van der Waals surface area contributed by atoms with Gasteiger partial charge in [0.2, 0.25) is 0 Å². The lowest BCUT2D eigenvalue weighted by molar-refractivity contribution is -0.274. The highest BCUT2D eigenvalue weighted by Gasteiger charge is 2.31. The van der Waals surface area contributed by atoms with Crippen LogP contribution in [0.3, 0.4) is 0 Å². The predicted molar refractivity (Wildman–Crippen MR) is 105 cm³/mol. The quantitative estimate of drug-likeness (QED) is 0.686. The first-order valence-electron chi connectivity index (χ1n) is 8.40. The van der Waals surface area contributed by atoms with Crippen molar-refractivity contribution in [2.24, 2.45) is 0 Å². The van der Waals surface area contributed by atoms with Crippen LogP contribution in [0.25, 0.3) is 0 Å². The van der Waals surface area contributed by atoms with Gasteiger partial charge in [-0.2, -0.15) is 0 Å². The third kappa shape index (κ3) is 6.24. The van der Waals surface area contributed by atoms with Gasteiger partial charge >= 0.3 is 6.36 Å². The molecule has 0 spiro atoms. The molecule has 2 aromatic carbocycles. The number of halogens is 6. The lowest BCUT2D eigenvalue weighted by Crippen LogP contribution is -2.45. The smallest absolute Gasteiger partial charge is 0.406 e. The van der Waals surface area contributed by atoms with Crippen LogP contribution in [0.4, 0.5) is 17.6 Å². The highest BCUT2D eigenvalue weighted by atomic mass is 35.5.